The van der Waals surface area contributed by atoms with E-state index in [4.69, 9.17) is 0 Å². The number of fused-ring (bicyclic) bond motifs is 1. The van der Waals surface area contributed by atoms with Gasteiger partial charge in [-0.3, -0.25) is 4.98 Å². The normalized spacial score (nSPS) is 9.54. The molecule has 0 atom stereocenters. The van der Waals surface area contributed by atoms with Crippen molar-refractivity contribution in [2.75, 3.05) is 0 Å². The largest absolute Gasteiger partial charge is 0.253 e. The summed E-state index contributed by atoms with van der Waals surface area (Å²) in [4.78, 5) is 4.29. The third-order valence-electron chi connectivity index (χ3n) is 1.61. The highest BCUT2D eigenvalue weighted by atomic mass is 32.1. The van der Waals surface area contributed by atoms with Gasteiger partial charge in [-0.05, 0) is 37.0 Å². The molecule has 70 valence electrons. The lowest BCUT2D eigenvalue weighted by atomic mass is 10.3. The van der Waals surface area contributed by atoms with Gasteiger partial charge in [0, 0.05) is 6.20 Å². The van der Waals surface area contributed by atoms with Crippen LogP contribution in [0.2, 0.25) is 0 Å². The monoisotopic (exact) mass is 194 g/mol. The zero-order valence-electron chi connectivity index (χ0n) is 8.46. The average molecular weight is 194 g/mol. The SMILES string of the molecule is CC.Cc1cnc2c(C)nsc2c1. The maximum Gasteiger partial charge on any atom is 0.104 e. The van der Waals surface area contributed by atoms with Crippen molar-refractivity contribution in [3.05, 3.63) is 23.5 Å². The lowest BCUT2D eigenvalue weighted by Gasteiger charge is -1.90. The number of rotatable bonds is 0. The van der Waals surface area contributed by atoms with Gasteiger partial charge in [0.05, 0.1) is 10.4 Å². The maximum absolute atomic E-state index is 4.29. The van der Waals surface area contributed by atoms with Crippen LogP contribution in [0.4, 0.5) is 0 Å². The van der Waals surface area contributed by atoms with Crippen molar-refractivity contribution in [1.29, 1.82) is 0 Å². The quantitative estimate of drug-likeness (QED) is 0.643. The van der Waals surface area contributed by atoms with Crippen LogP contribution in [0.3, 0.4) is 0 Å². The van der Waals surface area contributed by atoms with Crippen molar-refractivity contribution in [3.8, 4) is 0 Å². The summed E-state index contributed by atoms with van der Waals surface area (Å²) in [5.74, 6) is 0. The van der Waals surface area contributed by atoms with Gasteiger partial charge in [0.25, 0.3) is 0 Å². The molecule has 2 aromatic heterocycles. The van der Waals surface area contributed by atoms with Crippen molar-refractivity contribution >= 4 is 21.7 Å². The molecule has 0 unspecified atom stereocenters. The van der Waals surface area contributed by atoms with Crippen LogP contribution in [-0.4, -0.2) is 9.36 Å². The van der Waals surface area contributed by atoms with E-state index < -0.39 is 0 Å². The molecule has 0 amide bonds. The van der Waals surface area contributed by atoms with E-state index in [0.29, 0.717) is 0 Å². The van der Waals surface area contributed by atoms with E-state index in [-0.39, 0.29) is 0 Å². The topological polar surface area (TPSA) is 25.8 Å². The average Bonchev–Trinajstić information content (AvgIpc) is 2.51. The summed E-state index contributed by atoms with van der Waals surface area (Å²) in [6.07, 6.45) is 1.88. The molecular formula is C10H14N2S. The zero-order chi connectivity index (χ0) is 9.84. The smallest absolute Gasteiger partial charge is 0.104 e. The Bertz CT molecular complexity index is 393. The number of hydrogen-bond acceptors (Lipinski definition) is 3. The second kappa shape index (κ2) is 4.33. The molecule has 0 N–H and O–H groups in total. The van der Waals surface area contributed by atoms with Crippen LogP contribution >= 0.6 is 11.5 Å². The molecule has 0 radical (unpaired) electrons. The predicted molar refractivity (Wildman–Crippen MR) is 58.2 cm³/mol. The summed E-state index contributed by atoms with van der Waals surface area (Å²) in [6.45, 7) is 8.03. The molecule has 2 heterocycles. The summed E-state index contributed by atoms with van der Waals surface area (Å²) in [7, 11) is 0. The molecule has 0 saturated carbocycles. The van der Waals surface area contributed by atoms with Crippen LogP contribution < -0.4 is 0 Å². The Labute approximate surface area is 82.8 Å². The Hall–Kier alpha value is -0.960. The van der Waals surface area contributed by atoms with Crippen LogP contribution in [0.15, 0.2) is 12.3 Å². The van der Waals surface area contributed by atoms with Gasteiger partial charge in [-0.1, -0.05) is 13.8 Å². The van der Waals surface area contributed by atoms with Crippen LogP contribution in [0.5, 0.6) is 0 Å². The summed E-state index contributed by atoms with van der Waals surface area (Å²) in [6, 6.07) is 2.12. The maximum atomic E-state index is 4.29. The molecule has 0 saturated heterocycles. The first-order chi connectivity index (χ1) is 6.27. The minimum absolute atomic E-state index is 1.03. The predicted octanol–water partition coefficient (Wildman–Crippen LogP) is 3.33. The van der Waals surface area contributed by atoms with Gasteiger partial charge in [-0.15, -0.1) is 0 Å². The van der Waals surface area contributed by atoms with Gasteiger partial charge in [-0.2, -0.15) is 4.37 Å². The Morgan fingerprint density at radius 3 is 2.62 bits per heavy atom. The third-order valence-corrected chi connectivity index (χ3v) is 2.49. The van der Waals surface area contributed by atoms with E-state index in [9.17, 15) is 0 Å². The van der Waals surface area contributed by atoms with Crippen molar-refractivity contribution in [2.24, 2.45) is 0 Å². The van der Waals surface area contributed by atoms with Gasteiger partial charge in [-0.25, -0.2) is 0 Å². The lowest BCUT2D eigenvalue weighted by Crippen LogP contribution is -1.77. The van der Waals surface area contributed by atoms with Crippen LogP contribution in [0.25, 0.3) is 10.2 Å². The van der Waals surface area contributed by atoms with Crippen molar-refractivity contribution in [2.45, 2.75) is 27.7 Å². The molecule has 0 aliphatic rings. The van der Waals surface area contributed by atoms with Crippen molar-refractivity contribution in [1.82, 2.24) is 9.36 Å². The van der Waals surface area contributed by atoms with Gasteiger partial charge in [0.1, 0.15) is 5.52 Å². The van der Waals surface area contributed by atoms with Gasteiger partial charge >= 0.3 is 0 Å². The zero-order valence-corrected chi connectivity index (χ0v) is 9.27. The molecule has 0 aliphatic heterocycles. The second-order valence-corrected chi connectivity index (χ2v) is 3.43. The van der Waals surface area contributed by atoms with E-state index in [1.54, 1.807) is 0 Å². The molecule has 0 aromatic carbocycles. The Morgan fingerprint density at radius 1 is 1.23 bits per heavy atom. The van der Waals surface area contributed by atoms with Crippen molar-refractivity contribution < 1.29 is 0 Å². The number of hydrogen-bond donors (Lipinski definition) is 0. The molecule has 0 aliphatic carbocycles. The van der Waals surface area contributed by atoms with Gasteiger partial charge in [0.15, 0.2) is 0 Å². The van der Waals surface area contributed by atoms with Gasteiger partial charge < -0.3 is 0 Å². The van der Waals surface area contributed by atoms with E-state index in [1.165, 1.54) is 21.8 Å². The number of aromatic nitrogens is 2. The molecule has 0 fully saturated rings. The first-order valence-corrected chi connectivity index (χ1v) is 5.23. The summed E-state index contributed by atoms with van der Waals surface area (Å²) < 4.78 is 5.40. The van der Waals surface area contributed by atoms with Crippen LogP contribution in [0, 0.1) is 13.8 Å². The van der Waals surface area contributed by atoms with E-state index in [0.717, 1.165) is 11.2 Å². The fraction of sp³-hybridized carbons (Fsp3) is 0.400. The molecule has 0 spiro atoms. The minimum atomic E-state index is 1.03. The van der Waals surface area contributed by atoms with Crippen LogP contribution in [0.1, 0.15) is 25.1 Å². The summed E-state index contributed by atoms with van der Waals surface area (Å²) in [5.41, 5.74) is 3.27. The highest BCUT2D eigenvalue weighted by molar-refractivity contribution is 7.13. The van der Waals surface area contributed by atoms with E-state index in [1.807, 2.05) is 33.9 Å². The van der Waals surface area contributed by atoms with E-state index in [2.05, 4.69) is 15.4 Å². The first kappa shape index (κ1) is 10.1. The highest BCUT2D eigenvalue weighted by Gasteiger charge is 2.01. The molecule has 0 bridgehead atoms. The molecule has 2 nitrogen and oxygen atoms in total. The second-order valence-electron chi connectivity index (χ2n) is 2.63. The number of pyridine rings is 1. The summed E-state index contributed by atoms with van der Waals surface area (Å²) >= 11 is 1.52. The molecule has 3 heteroatoms. The standard InChI is InChI=1S/C8H8N2S.C2H6/c1-5-3-7-8(9-4-5)6(2)10-11-7;1-2/h3-4H,1-2H3;1-2H3. The van der Waals surface area contributed by atoms with E-state index >= 15 is 0 Å². The first-order valence-electron chi connectivity index (χ1n) is 4.46. The van der Waals surface area contributed by atoms with Crippen molar-refractivity contribution in [3.63, 3.8) is 0 Å². The lowest BCUT2D eigenvalue weighted by molar-refractivity contribution is 1.29. The molecule has 2 aromatic rings. The number of aryl methyl sites for hydroxylation is 2. The Balaban J connectivity index is 0.000000396. The fourth-order valence-corrected chi connectivity index (χ4v) is 1.89. The molecule has 13 heavy (non-hydrogen) atoms. The van der Waals surface area contributed by atoms with Crippen LogP contribution in [-0.2, 0) is 0 Å². The fourth-order valence-electron chi connectivity index (χ4n) is 1.04. The molecular weight excluding hydrogens is 180 g/mol. The Kier molecular flexibility index (Phi) is 3.37. The minimum Gasteiger partial charge on any atom is -0.253 e. The summed E-state index contributed by atoms with van der Waals surface area (Å²) in [5, 5.41) is 0. The Morgan fingerprint density at radius 2 is 1.92 bits per heavy atom. The highest BCUT2D eigenvalue weighted by Crippen LogP contribution is 2.19. The molecule has 2 rings (SSSR count). The third kappa shape index (κ3) is 2.04. The van der Waals surface area contributed by atoms with Gasteiger partial charge in [0.2, 0.25) is 0 Å². The number of nitrogens with zero attached hydrogens (tertiary/aromatic N) is 2.